The highest BCUT2D eigenvalue weighted by Crippen LogP contribution is 2.32. The fourth-order valence-electron chi connectivity index (χ4n) is 3.11. The molecule has 3 rings (SSSR count). The number of methoxy groups -OCH3 is 1. The van der Waals surface area contributed by atoms with Crippen LogP contribution in [0.25, 0.3) is 10.6 Å². The quantitative estimate of drug-likeness (QED) is 0.811. The Kier molecular flexibility index (Phi) is 5.90. The van der Waals surface area contributed by atoms with Crippen LogP contribution in [0, 0.1) is 6.92 Å². The standard InChI is InChI=1S/C19H25N3O3S/c1-11(21-18(23)16-9-8-15(10-20)25-16)17-12(2)22-19(26-17)13-4-6-14(24-3)7-5-13/h4-7,11,15-16H,8-10,20H2,1-3H3,(H,21,23)/t11?,15-,16+/m1/s1. The lowest BCUT2D eigenvalue weighted by molar-refractivity contribution is -0.132. The fraction of sp³-hybridized carbons (Fsp3) is 0.474. The second-order valence-electron chi connectivity index (χ2n) is 6.49. The van der Waals surface area contributed by atoms with Gasteiger partial charge >= 0.3 is 0 Å². The monoisotopic (exact) mass is 375 g/mol. The normalized spacial score (nSPS) is 20.8. The van der Waals surface area contributed by atoms with Gasteiger partial charge in [-0.3, -0.25) is 4.79 Å². The van der Waals surface area contributed by atoms with E-state index < -0.39 is 6.10 Å². The summed E-state index contributed by atoms with van der Waals surface area (Å²) in [6.45, 7) is 4.40. The predicted octanol–water partition coefficient (Wildman–Crippen LogP) is 2.81. The Balaban J connectivity index is 1.68. The Morgan fingerprint density at radius 2 is 2.15 bits per heavy atom. The number of aromatic nitrogens is 1. The van der Waals surface area contributed by atoms with Gasteiger partial charge in [-0.15, -0.1) is 11.3 Å². The third-order valence-corrected chi connectivity index (χ3v) is 5.97. The number of amides is 1. The maximum atomic E-state index is 12.4. The van der Waals surface area contributed by atoms with E-state index in [0.29, 0.717) is 6.54 Å². The van der Waals surface area contributed by atoms with Gasteiger partial charge in [-0.05, 0) is 51.0 Å². The van der Waals surface area contributed by atoms with Crippen LogP contribution in [-0.2, 0) is 9.53 Å². The molecule has 7 heteroatoms. The highest BCUT2D eigenvalue weighted by Gasteiger charge is 2.31. The maximum Gasteiger partial charge on any atom is 0.249 e. The van der Waals surface area contributed by atoms with Crippen molar-refractivity contribution in [3.8, 4) is 16.3 Å². The zero-order valence-electron chi connectivity index (χ0n) is 15.3. The lowest BCUT2D eigenvalue weighted by atomic mass is 10.1. The minimum atomic E-state index is -0.403. The van der Waals surface area contributed by atoms with Gasteiger partial charge in [0.15, 0.2) is 0 Å². The average molecular weight is 375 g/mol. The number of aryl methyl sites for hydroxylation is 1. The molecule has 0 radical (unpaired) electrons. The molecule has 1 saturated heterocycles. The summed E-state index contributed by atoms with van der Waals surface area (Å²) in [6.07, 6.45) is 1.15. The van der Waals surface area contributed by atoms with E-state index in [4.69, 9.17) is 15.2 Å². The van der Waals surface area contributed by atoms with E-state index in [1.807, 2.05) is 38.1 Å². The van der Waals surface area contributed by atoms with Crippen molar-refractivity contribution in [2.75, 3.05) is 13.7 Å². The summed E-state index contributed by atoms with van der Waals surface area (Å²) in [5.74, 6) is 0.738. The highest BCUT2D eigenvalue weighted by atomic mass is 32.1. The largest absolute Gasteiger partial charge is 0.497 e. The highest BCUT2D eigenvalue weighted by molar-refractivity contribution is 7.15. The predicted molar refractivity (Wildman–Crippen MR) is 102 cm³/mol. The van der Waals surface area contributed by atoms with Crippen molar-refractivity contribution in [1.29, 1.82) is 0 Å². The van der Waals surface area contributed by atoms with Crippen molar-refractivity contribution in [2.45, 2.75) is 44.9 Å². The molecule has 1 aromatic heterocycles. The fourth-order valence-corrected chi connectivity index (χ4v) is 4.18. The molecule has 1 fully saturated rings. The van der Waals surface area contributed by atoms with Gasteiger partial charge in [0.05, 0.1) is 29.8 Å². The van der Waals surface area contributed by atoms with Gasteiger partial charge < -0.3 is 20.5 Å². The number of hydrogen-bond acceptors (Lipinski definition) is 6. The molecule has 26 heavy (non-hydrogen) atoms. The molecule has 3 N–H and O–H groups in total. The second kappa shape index (κ2) is 8.16. The van der Waals surface area contributed by atoms with Gasteiger partial charge in [-0.2, -0.15) is 0 Å². The average Bonchev–Trinajstić information content (AvgIpc) is 3.28. The van der Waals surface area contributed by atoms with Crippen LogP contribution in [0.1, 0.15) is 36.4 Å². The molecule has 2 heterocycles. The zero-order valence-corrected chi connectivity index (χ0v) is 16.1. The first-order valence-corrected chi connectivity index (χ1v) is 9.61. The number of nitrogens with one attached hydrogen (secondary N) is 1. The first-order chi connectivity index (χ1) is 12.5. The number of rotatable bonds is 6. The number of carbonyl (C=O) groups is 1. The van der Waals surface area contributed by atoms with Crippen LogP contribution in [0.4, 0.5) is 0 Å². The van der Waals surface area contributed by atoms with E-state index >= 15 is 0 Å². The smallest absolute Gasteiger partial charge is 0.249 e. The van der Waals surface area contributed by atoms with Crippen LogP contribution in [0.5, 0.6) is 5.75 Å². The summed E-state index contributed by atoms with van der Waals surface area (Å²) < 4.78 is 10.9. The summed E-state index contributed by atoms with van der Waals surface area (Å²) in [6, 6.07) is 7.70. The zero-order chi connectivity index (χ0) is 18.7. The second-order valence-corrected chi connectivity index (χ2v) is 7.52. The summed E-state index contributed by atoms with van der Waals surface area (Å²) in [4.78, 5) is 18.2. The number of benzene rings is 1. The van der Waals surface area contributed by atoms with E-state index in [-0.39, 0.29) is 18.1 Å². The summed E-state index contributed by atoms with van der Waals surface area (Å²) in [7, 11) is 1.65. The number of nitrogens with two attached hydrogens (primary N) is 1. The van der Waals surface area contributed by atoms with Crippen molar-refractivity contribution in [3.63, 3.8) is 0 Å². The third kappa shape index (κ3) is 4.06. The molecular formula is C19H25N3O3S. The number of ether oxygens (including phenoxy) is 2. The molecule has 0 aliphatic carbocycles. The van der Waals surface area contributed by atoms with Crippen LogP contribution in [0.3, 0.4) is 0 Å². The minimum Gasteiger partial charge on any atom is -0.497 e. The Labute approximate surface area is 157 Å². The van der Waals surface area contributed by atoms with Crippen LogP contribution in [0.15, 0.2) is 24.3 Å². The molecule has 1 unspecified atom stereocenters. The molecule has 6 nitrogen and oxygen atoms in total. The van der Waals surface area contributed by atoms with E-state index in [0.717, 1.165) is 39.7 Å². The van der Waals surface area contributed by atoms with E-state index in [1.165, 1.54) is 0 Å². The first kappa shape index (κ1) is 18.8. The van der Waals surface area contributed by atoms with Gasteiger partial charge in [-0.25, -0.2) is 4.98 Å². The first-order valence-electron chi connectivity index (χ1n) is 8.79. The summed E-state index contributed by atoms with van der Waals surface area (Å²) >= 11 is 1.60. The minimum absolute atomic E-state index is 0.00660. The number of nitrogens with zero attached hydrogens (tertiary/aromatic N) is 1. The number of thiazole rings is 1. The number of carbonyl (C=O) groups excluding carboxylic acids is 1. The van der Waals surface area contributed by atoms with Crippen LogP contribution in [-0.4, -0.2) is 36.8 Å². The Morgan fingerprint density at radius 1 is 1.42 bits per heavy atom. The van der Waals surface area contributed by atoms with Crippen LogP contribution < -0.4 is 15.8 Å². The van der Waals surface area contributed by atoms with Crippen molar-refractivity contribution >= 4 is 17.2 Å². The molecule has 2 aromatic rings. The topological polar surface area (TPSA) is 86.5 Å². The molecule has 1 aromatic carbocycles. The van der Waals surface area contributed by atoms with Gasteiger partial charge in [-0.1, -0.05) is 0 Å². The van der Waals surface area contributed by atoms with E-state index in [9.17, 15) is 4.79 Å². The van der Waals surface area contributed by atoms with Gasteiger partial charge in [0, 0.05) is 12.1 Å². The SMILES string of the molecule is COc1ccc(-c2nc(C)c(C(C)NC(=O)[C@@H]3CC[C@H](CN)O3)s2)cc1. The molecule has 1 aliphatic rings. The van der Waals surface area contributed by atoms with Crippen molar-refractivity contribution in [1.82, 2.24) is 10.3 Å². The molecule has 1 amide bonds. The number of hydrogen-bond donors (Lipinski definition) is 2. The maximum absolute atomic E-state index is 12.4. The van der Waals surface area contributed by atoms with Gasteiger partial charge in [0.2, 0.25) is 5.91 Å². The molecule has 3 atom stereocenters. The summed E-state index contributed by atoms with van der Waals surface area (Å²) in [5, 5.41) is 3.98. The Bertz CT molecular complexity index is 760. The Hall–Kier alpha value is -1.96. The molecule has 0 saturated carbocycles. The van der Waals surface area contributed by atoms with E-state index in [2.05, 4.69) is 10.3 Å². The Morgan fingerprint density at radius 3 is 2.77 bits per heavy atom. The van der Waals surface area contributed by atoms with Gasteiger partial charge in [0.1, 0.15) is 16.9 Å². The molecule has 140 valence electrons. The van der Waals surface area contributed by atoms with Gasteiger partial charge in [0.25, 0.3) is 0 Å². The lowest BCUT2D eigenvalue weighted by Gasteiger charge is -2.17. The third-order valence-electron chi connectivity index (χ3n) is 4.58. The van der Waals surface area contributed by atoms with Crippen molar-refractivity contribution in [2.24, 2.45) is 5.73 Å². The molecule has 0 bridgehead atoms. The molecular weight excluding hydrogens is 350 g/mol. The lowest BCUT2D eigenvalue weighted by Crippen LogP contribution is -2.36. The molecule has 1 aliphatic heterocycles. The van der Waals surface area contributed by atoms with Crippen molar-refractivity contribution in [3.05, 3.63) is 34.8 Å². The summed E-state index contributed by atoms with van der Waals surface area (Å²) in [5.41, 5.74) is 7.58. The van der Waals surface area contributed by atoms with Crippen LogP contribution in [0.2, 0.25) is 0 Å². The molecule has 0 spiro atoms. The van der Waals surface area contributed by atoms with Crippen molar-refractivity contribution < 1.29 is 14.3 Å². The van der Waals surface area contributed by atoms with E-state index in [1.54, 1.807) is 18.4 Å². The van der Waals surface area contributed by atoms with Crippen LogP contribution >= 0.6 is 11.3 Å².